The molecule has 0 aromatic heterocycles. The van der Waals surface area contributed by atoms with Crippen molar-refractivity contribution in [1.82, 2.24) is 4.90 Å². The van der Waals surface area contributed by atoms with Crippen molar-refractivity contribution in [1.29, 1.82) is 0 Å². The number of fused-ring (bicyclic) bond motifs is 5. The third kappa shape index (κ3) is 3.82. The van der Waals surface area contributed by atoms with Gasteiger partial charge < -0.3 is 10.1 Å². The molecule has 1 aromatic carbocycles. The first-order valence-electron chi connectivity index (χ1n) is 10.5. The van der Waals surface area contributed by atoms with Gasteiger partial charge >= 0.3 is 5.97 Å². The highest BCUT2D eigenvalue weighted by Gasteiger charge is 2.62. The molecule has 3 amide bonds. The lowest BCUT2D eigenvalue weighted by Crippen LogP contribution is -2.50. The minimum atomic E-state index is -1.05. The average molecular weight is 467 g/mol. The van der Waals surface area contributed by atoms with Gasteiger partial charge in [0.05, 0.1) is 27.6 Å². The predicted molar refractivity (Wildman–Crippen MR) is 114 cm³/mol. The van der Waals surface area contributed by atoms with E-state index >= 15 is 0 Å². The van der Waals surface area contributed by atoms with E-state index in [1.807, 2.05) is 0 Å². The van der Waals surface area contributed by atoms with Crippen LogP contribution in [0.5, 0.6) is 0 Å². The number of anilines is 1. The minimum absolute atomic E-state index is 0.179. The second-order valence-electron chi connectivity index (χ2n) is 8.88. The Bertz CT molecular complexity index is 922. The molecule has 1 aromatic rings. The number of carbonyl (C=O) groups excluding carboxylic acids is 4. The van der Waals surface area contributed by atoms with Gasteiger partial charge in [-0.3, -0.25) is 19.3 Å². The quantitative estimate of drug-likeness (QED) is 0.511. The highest BCUT2D eigenvalue weighted by Crippen LogP contribution is 2.56. The van der Waals surface area contributed by atoms with Crippen LogP contribution in [-0.4, -0.2) is 41.2 Å². The van der Waals surface area contributed by atoms with E-state index in [0.717, 1.165) is 24.2 Å². The van der Waals surface area contributed by atoms with Gasteiger partial charge in [-0.15, -0.1) is 0 Å². The highest BCUT2D eigenvalue weighted by atomic mass is 35.5. The van der Waals surface area contributed by atoms with Gasteiger partial charge in [0.1, 0.15) is 6.04 Å². The Morgan fingerprint density at radius 2 is 1.74 bits per heavy atom. The molecule has 31 heavy (non-hydrogen) atoms. The Morgan fingerprint density at radius 3 is 2.32 bits per heavy atom. The zero-order chi connectivity index (χ0) is 22.4. The molecular formula is C22H24Cl2N2O5. The topological polar surface area (TPSA) is 92.8 Å². The van der Waals surface area contributed by atoms with Crippen LogP contribution in [0.2, 0.25) is 10.0 Å². The summed E-state index contributed by atoms with van der Waals surface area (Å²) < 4.78 is 5.20. The van der Waals surface area contributed by atoms with Crippen LogP contribution in [0.25, 0.3) is 0 Å². The van der Waals surface area contributed by atoms with E-state index in [2.05, 4.69) is 5.32 Å². The van der Waals surface area contributed by atoms with Gasteiger partial charge in [0.15, 0.2) is 6.61 Å². The summed E-state index contributed by atoms with van der Waals surface area (Å²) in [5.74, 6) is -2.42. The van der Waals surface area contributed by atoms with Crippen LogP contribution >= 0.6 is 23.2 Å². The molecular weight excluding hydrogens is 443 g/mol. The first-order valence-corrected chi connectivity index (χ1v) is 11.2. The number of nitrogens with one attached hydrogen (secondary N) is 1. The van der Waals surface area contributed by atoms with Gasteiger partial charge in [-0.25, -0.2) is 4.79 Å². The number of carbonyl (C=O) groups is 4. The highest BCUT2D eigenvalue weighted by molar-refractivity contribution is 6.44. The van der Waals surface area contributed by atoms with E-state index in [4.69, 9.17) is 27.9 Å². The van der Waals surface area contributed by atoms with Crippen LogP contribution in [-0.2, 0) is 23.9 Å². The fraction of sp³-hybridized carbons (Fsp3) is 0.545. The lowest BCUT2D eigenvalue weighted by atomic mass is 9.81. The zero-order valence-electron chi connectivity index (χ0n) is 17.3. The Hall–Kier alpha value is -2.12. The fourth-order valence-electron chi connectivity index (χ4n) is 5.39. The van der Waals surface area contributed by atoms with Crippen LogP contribution < -0.4 is 5.32 Å². The summed E-state index contributed by atoms with van der Waals surface area (Å²) in [5, 5.41) is 2.99. The lowest BCUT2D eigenvalue weighted by Gasteiger charge is -2.28. The summed E-state index contributed by atoms with van der Waals surface area (Å²) in [5.41, 5.74) is 0.295. The average Bonchev–Trinajstić information content (AvgIpc) is 3.40. The summed E-state index contributed by atoms with van der Waals surface area (Å²) in [6, 6.07) is 3.73. The standard InChI is InChI=1S/C22H24Cl2N2O5/c1-10(2)19(26-20(28)16-11-6-7-12(8-11)17(16)21(26)29)22(30)31-9-15(27)25-14-5-3-4-13(23)18(14)24/h3-5,10-12,16-17,19H,6-9H2,1-2H3,(H,25,27)/t11-,12-,16-,17-,19+/m0/s1. The molecule has 2 saturated carbocycles. The van der Waals surface area contributed by atoms with Gasteiger partial charge in [-0.05, 0) is 49.1 Å². The summed E-state index contributed by atoms with van der Waals surface area (Å²) in [4.78, 5) is 52.3. The van der Waals surface area contributed by atoms with Crippen molar-refractivity contribution in [3.8, 4) is 0 Å². The second-order valence-corrected chi connectivity index (χ2v) is 9.66. The molecule has 0 unspecified atom stereocenters. The van der Waals surface area contributed by atoms with Crippen molar-refractivity contribution in [2.45, 2.75) is 39.2 Å². The molecule has 2 bridgehead atoms. The minimum Gasteiger partial charge on any atom is -0.454 e. The van der Waals surface area contributed by atoms with E-state index in [9.17, 15) is 19.2 Å². The molecule has 1 aliphatic heterocycles. The van der Waals surface area contributed by atoms with Crippen LogP contribution in [0.15, 0.2) is 18.2 Å². The summed E-state index contributed by atoms with van der Waals surface area (Å²) in [7, 11) is 0. The Morgan fingerprint density at radius 1 is 1.13 bits per heavy atom. The van der Waals surface area contributed by atoms with Gasteiger partial charge in [0, 0.05) is 0 Å². The molecule has 0 radical (unpaired) electrons. The number of esters is 1. The smallest absolute Gasteiger partial charge is 0.330 e. The predicted octanol–water partition coefficient (Wildman–Crippen LogP) is 3.53. The lowest BCUT2D eigenvalue weighted by molar-refractivity contribution is -0.162. The van der Waals surface area contributed by atoms with Crippen LogP contribution in [0.4, 0.5) is 5.69 Å². The third-order valence-electron chi connectivity index (χ3n) is 6.68. The molecule has 166 valence electrons. The fourth-order valence-corrected chi connectivity index (χ4v) is 5.74. The van der Waals surface area contributed by atoms with Crippen LogP contribution in [0.3, 0.4) is 0 Å². The maximum absolute atomic E-state index is 13.1. The van der Waals surface area contributed by atoms with Gasteiger partial charge in [-0.2, -0.15) is 0 Å². The van der Waals surface area contributed by atoms with Crippen molar-refractivity contribution in [2.75, 3.05) is 11.9 Å². The van der Waals surface area contributed by atoms with Crippen molar-refractivity contribution in [2.24, 2.45) is 29.6 Å². The van der Waals surface area contributed by atoms with Crippen LogP contribution in [0, 0.1) is 29.6 Å². The normalized spacial score (nSPS) is 27.6. The van der Waals surface area contributed by atoms with E-state index in [-0.39, 0.29) is 51.4 Å². The molecule has 3 fully saturated rings. The van der Waals surface area contributed by atoms with E-state index in [1.54, 1.807) is 32.0 Å². The number of hydrogen-bond acceptors (Lipinski definition) is 5. The Labute approximate surface area is 190 Å². The van der Waals surface area contributed by atoms with Gasteiger partial charge in [-0.1, -0.05) is 43.1 Å². The second kappa shape index (κ2) is 8.43. The summed E-state index contributed by atoms with van der Waals surface area (Å²) in [6.45, 7) is 2.93. The SMILES string of the molecule is CC(C)[C@H](C(=O)OCC(=O)Nc1cccc(Cl)c1Cl)N1C(=O)[C@H]2[C@H]3CC[C@@H](C3)[C@@H]2C1=O. The number of halogens is 2. The maximum Gasteiger partial charge on any atom is 0.330 e. The molecule has 1 N–H and O–H groups in total. The monoisotopic (exact) mass is 466 g/mol. The molecule has 2 aliphatic carbocycles. The maximum atomic E-state index is 13.1. The number of rotatable bonds is 6. The zero-order valence-corrected chi connectivity index (χ0v) is 18.8. The molecule has 0 spiro atoms. The number of hydrogen-bond donors (Lipinski definition) is 1. The molecule has 1 heterocycles. The molecule has 9 heteroatoms. The van der Waals surface area contributed by atoms with Gasteiger partial charge in [0.2, 0.25) is 11.8 Å². The number of nitrogens with zero attached hydrogens (tertiary/aromatic N) is 1. The first-order chi connectivity index (χ1) is 14.7. The number of imide groups is 1. The van der Waals surface area contributed by atoms with Crippen molar-refractivity contribution in [3.05, 3.63) is 28.2 Å². The Kier molecular flexibility index (Phi) is 6.01. The van der Waals surface area contributed by atoms with E-state index in [0.29, 0.717) is 5.69 Å². The number of amides is 3. The summed E-state index contributed by atoms with van der Waals surface area (Å²) >= 11 is 12.0. The third-order valence-corrected chi connectivity index (χ3v) is 7.50. The summed E-state index contributed by atoms with van der Waals surface area (Å²) in [6.07, 6.45) is 2.84. The molecule has 1 saturated heterocycles. The van der Waals surface area contributed by atoms with Crippen molar-refractivity contribution in [3.63, 3.8) is 0 Å². The molecule has 5 atom stereocenters. The van der Waals surface area contributed by atoms with Crippen LogP contribution in [0.1, 0.15) is 33.1 Å². The number of benzene rings is 1. The molecule has 4 rings (SSSR count). The van der Waals surface area contributed by atoms with E-state index in [1.165, 1.54) is 0 Å². The molecule has 7 nitrogen and oxygen atoms in total. The number of likely N-dealkylation sites (tertiary alicyclic amines) is 1. The van der Waals surface area contributed by atoms with Gasteiger partial charge in [0.25, 0.3) is 5.91 Å². The van der Waals surface area contributed by atoms with Crippen molar-refractivity contribution < 1.29 is 23.9 Å². The van der Waals surface area contributed by atoms with E-state index < -0.39 is 24.5 Å². The molecule has 3 aliphatic rings. The number of ether oxygens (including phenoxy) is 1. The first kappa shape index (κ1) is 22.1. The van der Waals surface area contributed by atoms with Crippen molar-refractivity contribution >= 4 is 52.6 Å². The largest absolute Gasteiger partial charge is 0.454 e. The Balaban J connectivity index is 1.42.